The van der Waals surface area contributed by atoms with Gasteiger partial charge in [-0.25, -0.2) is 4.39 Å². The summed E-state index contributed by atoms with van der Waals surface area (Å²) in [6.07, 6.45) is 0. The van der Waals surface area contributed by atoms with E-state index in [1.165, 1.54) is 12.1 Å². The van der Waals surface area contributed by atoms with Crippen LogP contribution in [0.5, 0.6) is 0 Å². The minimum Gasteiger partial charge on any atom is -0.299 e. The van der Waals surface area contributed by atoms with E-state index in [2.05, 4.69) is 10.2 Å². The van der Waals surface area contributed by atoms with Crippen molar-refractivity contribution in [2.45, 2.75) is 18.1 Å². The van der Waals surface area contributed by atoms with Crippen LogP contribution < -0.4 is 0 Å². The summed E-state index contributed by atoms with van der Waals surface area (Å²) in [6, 6.07) is 14.2. The zero-order valence-electron chi connectivity index (χ0n) is 12.7. The van der Waals surface area contributed by atoms with Crippen molar-refractivity contribution >= 4 is 35.6 Å². The summed E-state index contributed by atoms with van der Waals surface area (Å²) in [4.78, 5) is 0. The molecule has 1 heterocycles. The number of aromatic nitrogens is 3. The summed E-state index contributed by atoms with van der Waals surface area (Å²) in [5, 5.41) is 7.88. The lowest BCUT2D eigenvalue weighted by molar-refractivity contribution is 0.627. The van der Waals surface area contributed by atoms with Gasteiger partial charge < -0.3 is 0 Å². The van der Waals surface area contributed by atoms with Crippen molar-refractivity contribution in [1.82, 2.24) is 14.8 Å². The molecule has 3 rings (SSSR count). The second-order valence-corrected chi connectivity index (χ2v) is 7.09. The van der Waals surface area contributed by atoms with E-state index < -0.39 is 0 Å². The van der Waals surface area contributed by atoms with E-state index in [4.69, 9.17) is 23.8 Å². The molecule has 24 heavy (non-hydrogen) atoms. The first kappa shape index (κ1) is 17.2. The van der Waals surface area contributed by atoms with Crippen molar-refractivity contribution in [3.63, 3.8) is 0 Å². The largest absolute Gasteiger partial charge is 0.299 e. The average Bonchev–Trinajstić information content (AvgIpc) is 2.92. The molecule has 1 aromatic heterocycles. The number of thioether (sulfide) groups is 1. The van der Waals surface area contributed by atoms with E-state index in [0.717, 1.165) is 28.5 Å². The summed E-state index contributed by atoms with van der Waals surface area (Å²) in [5.74, 6) is 2.19. The Morgan fingerprint density at radius 2 is 1.71 bits per heavy atom. The van der Waals surface area contributed by atoms with Gasteiger partial charge in [0, 0.05) is 10.8 Å². The van der Waals surface area contributed by atoms with E-state index in [-0.39, 0.29) is 5.82 Å². The van der Waals surface area contributed by atoms with Crippen molar-refractivity contribution in [1.29, 1.82) is 0 Å². The first-order valence-corrected chi connectivity index (χ1v) is 9.26. The van der Waals surface area contributed by atoms with E-state index in [1.54, 1.807) is 23.9 Å². The van der Waals surface area contributed by atoms with Gasteiger partial charge >= 0.3 is 0 Å². The molecule has 2 aromatic carbocycles. The molecule has 0 aliphatic carbocycles. The zero-order valence-corrected chi connectivity index (χ0v) is 15.1. The monoisotopic (exact) mass is 379 g/mol. The first-order chi connectivity index (χ1) is 11.6. The van der Waals surface area contributed by atoms with Crippen LogP contribution in [0.4, 0.5) is 4.39 Å². The Balaban J connectivity index is 1.65. The summed E-state index contributed by atoms with van der Waals surface area (Å²) >= 11 is 13.0. The molecule has 0 bridgehead atoms. The molecule has 0 saturated heterocycles. The number of hydrogen-bond acceptors (Lipinski definition) is 3. The Morgan fingerprint density at radius 3 is 2.42 bits per heavy atom. The van der Waals surface area contributed by atoms with Crippen LogP contribution in [0, 0.1) is 10.6 Å². The molecular formula is C17H15ClFN3S2. The number of H-pyrrole nitrogens is 1. The Kier molecular flexibility index (Phi) is 5.71. The highest BCUT2D eigenvalue weighted by Crippen LogP contribution is 2.18. The van der Waals surface area contributed by atoms with Crippen LogP contribution in [-0.4, -0.2) is 14.8 Å². The van der Waals surface area contributed by atoms with Gasteiger partial charge in [0.2, 0.25) is 0 Å². The van der Waals surface area contributed by atoms with Gasteiger partial charge in [-0.15, -0.1) is 11.8 Å². The van der Waals surface area contributed by atoms with Gasteiger partial charge in [0.05, 0.1) is 12.3 Å². The average molecular weight is 380 g/mol. The molecule has 3 aromatic rings. The number of aromatic amines is 1. The predicted molar refractivity (Wildman–Crippen MR) is 99.4 cm³/mol. The SMILES string of the molecule is Fc1ccc(CSCc2n[nH]c(=S)n2Cc2ccc(Cl)cc2)cc1. The van der Waals surface area contributed by atoms with Gasteiger partial charge in [0.25, 0.3) is 0 Å². The Hall–Kier alpha value is -1.63. The van der Waals surface area contributed by atoms with Crippen molar-refractivity contribution < 1.29 is 4.39 Å². The van der Waals surface area contributed by atoms with Crippen LogP contribution in [0.15, 0.2) is 48.5 Å². The van der Waals surface area contributed by atoms with Gasteiger partial charge in [0.15, 0.2) is 4.77 Å². The third-order valence-corrected chi connectivity index (χ3v) is 5.07. The Labute approximate surface area is 153 Å². The molecule has 0 spiro atoms. The van der Waals surface area contributed by atoms with Crippen LogP contribution in [0.3, 0.4) is 0 Å². The third-order valence-electron chi connectivity index (χ3n) is 3.50. The zero-order chi connectivity index (χ0) is 16.9. The maximum Gasteiger partial charge on any atom is 0.195 e. The molecule has 0 unspecified atom stereocenters. The number of rotatable bonds is 6. The molecule has 0 amide bonds. The van der Waals surface area contributed by atoms with Gasteiger partial charge in [0.1, 0.15) is 11.6 Å². The van der Waals surface area contributed by atoms with E-state index in [1.807, 2.05) is 28.8 Å². The fraction of sp³-hybridized carbons (Fsp3) is 0.176. The Morgan fingerprint density at radius 1 is 1.04 bits per heavy atom. The van der Waals surface area contributed by atoms with Crippen molar-refractivity contribution in [2.24, 2.45) is 0 Å². The topological polar surface area (TPSA) is 33.6 Å². The highest BCUT2D eigenvalue weighted by Gasteiger charge is 2.07. The molecule has 0 aliphatic rings. The second kappa shape index (κ2) is 7.96. The smallest absolute Gasteiger partial charge is 0.195 e. The molecule has 0 saturated carbocycles. The number of hydrogen-bond donors (Lipinski definition) is 1. The summed E-state index contributed by atoms with van der Waals surface area (Å²) in [6.45, 7) is 0.652. The van der Waals surface area contributed by atoms with E-state index in [0.29, 0.717) is 16.3 Å². The lowest BCUT2D eigenvalue weighted by Gasteiger charge is -2.07. The number of benzene rings is 2. The molecule has 124 valence electrons. The van der Waals surface area contributed by atoms with Crippen LogP contribution in [-0.2, 0) is 18.1 Å². The van der Waals surface area contributed by atoms with Crippen LogP contribution in [0.2, 0.25) is 5.02 Å². The van der Waals surface area contributed by atoms with Gasteiger partial charge in [-0.1, -0.05) is 35.9 Å². The molecule has 1 N–H and O–H groups in total. The van der Waals surface area contributed by atoms with Crippen molar-refractivity contribution in [3.05, 3.63) is 81.1 Å². The molecule has 3 nitrogen and oxygen atoms in total. The molecule has 0 fully saturated rings. The maximum absolute atomic E-state index is 12.9. The number of nitrogens with one attached hydrogen (secondary N) is 1. The lowest BCUT2D eigenvalue weighted by Crippen LogP contribution is -2.04. The van der Waals surface area contributed by atoms with Gasteiger partial charge in [-0.3, -0.25) is 9.67 Å². The molecule has 0 atom stereocenters. The summed E-state index contributed by atoms with van der Waals surface area (Å²) in [7, 11) is 0. The molecule has 0 radical (unpaired) electrons. The minimum absolute atomic E-state index is 0.215. The predicted octanol–water partition coefficient (Wildman–Crippen LogP) is 5.21. The number of nitrogens with zero attached hydrogens (tertiary/aromatic N) is 2. The molecule has 0 aliphatic heterocycles. The summed E-state index contributed by atoms with van der Waals surface area (Å²) < 4.78 is 15.5. The number of halogens is 2. The van der Waals surface area contributed by atoms with E-state index in [9.17, 15) is 4.39 Å². The van der Waals surface area contributed by atoms with E-state index >= 15 is 0 Å². The lowest BCUT2D eigenvalue weighted by atomic mass is 10.2. The van der Waals surface area contributed by atoms with Crippen molar-refractivity contribution in [2.75, 3.05) is 0 Å². The normalized spacial score (nSPS) is 10.9. The molecular weight excluding hydrogens is 365 g/mol. The minimum atomic E-state index is -0.215. The molecule has 7 heteroatoms. The highest BCUT2D eigenvalue weighted by molar-refractivity contribution is 7.97. The van der Waals surface area contributed by atoms with Gasteiger partial charge in [-0.2, -0.15) is 5.10 Å². The highest BCUT2D eigenvalue weighted by atomic mass is 35.5. The maximum atomic E-state index is 12.9. The Bertz CT molecular complexity index is 857. The van der Waals surface area contributed by atoms with Crippen molar-refractivity contribution in [3.8, 4) is 0 Å². The van der Waals surface area contributed by atoms with Crippen LogP contribution >= 0.6 is 35.6 Å². The fourth-order valence-corrected chi connectivity index (χ4v) is 3.51. The summed E-state index contributed by atoms with van der Waals surface area (Å²) in [5.41, 5.74) is 2.20. The first-order valence-electron chi connectivity index (χ1n) is 7.32. The van der Waals surface area contributed by atoms with Crippen LogP contribution in [0.1, 0.15) is 17.0 Å². The standard InChI is InChI=1S/C17H15ClFN3S2/c18-14-5-1-12(2-6-14)9-22-16(20-21-17(22)23)11-24-10-13-3-7-15(19)8-4-13/h1-8H,9-11H2,(H,21,23). The third kappa shape index (κ3) is 4.47. The van der Waals surface area contributed by atoms with Crippen LogP contribution in [0.25, 0.3) is 0 Å². The second-order valence-electron chi connectivity index (χ2n) is 5.28. The quantitative estimate of drug-likeness (QED) is 0.596. The van der Waals surface area contributed by atoms with Gasteiger partial charge in [-0.05, 0) is 47.6 Å². The fourth-order valence-electron chi connectivity index (χ4n) is 2.24.